The lowest BCUT2D eigenvalue weighted by Gasteiger charge is -2.27. The third-order valence-corrected chi connectivity index (χ3v) is 7.54. The van der Waals surface area contributed by atoms with Crippen molar-refractivity contribution < 1.29 is 28.3 Å². The molecular formula is C26H33F2N5O5S. The van der Waals surface area contributed by atoms with Crippen LogP contribution in [0.5, 0.6) is 0 Å². The van der Waals surface area contributed by atoms with Gasteiger partial charge in [-0.05, 0) is 70.6 Å². The van der Waals surface area contributed by atoms with E-state index in [4.69, 9.17) is 4.74 Å². The number of nitro groups is 1. The van der Waals surface area contributed by atoms with Crippen LogP contribution in [0.4, 0.5) is 30.9 Å². The van der Waals surface area contributed by atoms with E-state index in [0.29, 0.717) is 37.0 Å². The summed E-state index contributed by atoms with van der Waals surface area (Å²) >= 11 is 1.30. The van der Waals surface area contributed by atoms with Crippen LogP contribution in [0.25, 0.3) is 0 Å². The first kappa shape index (κ1) is 28.9. The van der Waals surface area contributed by atoms with E-state index in [1.54, 1.807) is 20.8 Å². The monoisotopic (exact) mass is 565 g/mol. The number of ether oxygens (including phenoxy) is 1. The Morgan fingerprint density at radius 3 is 2.59 bits per heavy atom. The number of thioether (sulfide) groups is 1. The molecule has 0 bridgehead atoms. The zero-order valence-electron chi connectivity index (χ0n) is 22.3. The van der Waals surface area contributed by atoms with Gasteiger partial charge in [-0.25, -0.2) is 13.6 Å². The molecular weight excluding hydrogens is 532 g/mol. The Hall–Kier alpha value is -3.06. The number of anilines is 2. The molecule has 39 heavy (non-hydrogen) atoms. The Kier molecular flexibility index (Phi) is 8.60. The van der Waals surface area contributed by atoms with Gasteiger partial charge in [0.1, 0.15) is 5.60 Å². The second-order valence-electron chi connectivity index (χ2n) is 10.9. The van der Waals surface area contributed by atoms with Crippen molar-refractivity contribution in [1.82, 2.24) is 9.97 Å². The number of aliphatic hydroxyl groups excluding tert-OH is 1. The number of halogens is 2. The van der Waals surface area contributed by atoms with Crippen LogP contribution >= 0.6 is 11.8 Å². The first-order valence-corrected chi connectivity index (χ1v) is 14.0. The highest BCUT2D eigenvalue weighted by molar-refractivity contribution is 7.99. The molecule has 4 atom stereocenters. The summed E-state index contributed by atoms with van der Waals surface area (Å²) in [5.41, 5.74) is -0.938. The lowest BCUT2D eigenvalue weighted by Crippen LogP contribution is -2.40. The molecule has 4 rings (SSSR count). The Labute approximate surface area is 229 Å². The summed E-state index contributed by atoms with van der Waals surface area (Å²) in [6.07, 6.45) is 1.36. The van der Waals surface area contributed by atoms with Crippen molar-refractivity contribution in [3.63, 3.8) is 0 Å². The van der Waals surface area contributed by atoms with Crippen molar-refractivity contribution in [2.45, 2.75) is 94.7 Å². The van der Waals surface area contributed by atoms with Gasteiger partial charge in [0.15, 0.2) is 16.8 Å². The Bertz CT molecular complexity index is 1240. The van der Waals surface area contributed by atoms with E-state index in [1.807, 2.05) is 6.92 Å². The van der Waals surface area contributed by atoms with Gasteiger partial charge in [0.2, 0.25) is 11.6 Å². The maximum Gasteiger partial charge on any atom is 0.416 e. The van der Waals surface area contributed by atoms with Gasteiger partial charge in [0, 0.05) is 23.8 Å². The van der Waals surface area contributed by atoms with Gasteiger partial charge in [-0.3, -0.25) is 15.0 Å². The summed E-state index contributed by atoms with van der Waals surface area (Å²) in [4.78, 5) is 35.4. The van der Waals surface area contributed by atoms with Crippen LogP contribution in [0.1, 0.15) is 71.3 Å². The summed E-state index contributed by atoms with van der Waals surface area (Å²) in [6.45, 7) is 7.01. The highest BCUT2D eigenvalue weighted by Gasteiger charge is 2.50. The fraction of sp³-hybridized carbons (Fsp3) is 0.577. The molecule has 1 aromatic heterocycles. The predicted octanol–water partition coefficient (Wildman–Crippen LogP) is 5.79. The first-order chi connectivity index (χ1) is 18.4. The van der Waals surface area contributed by atoms with Gasteiger partial charge in [0.05, 0.1) is 11.0 Å². The van der Waals surface area contributed by atoms with Crippen molar-refractivity contribution in [3.05, 3.63) is 45.5 Å². The molecule has 2 N–H and O–H groups in total. The highest BCUT2D eigenvalue weighted by atomic mass is 32.2. The number of benzene rings is 1. The predicted molar refractivity (Wildman–Crippen MR) is 143 cm³/mol. The molecule has 2 unspecified atom stereocenters. The molecule has 1 amide bonds. The van der Waals surface area contributed by atoms with E-state index < -0.39 is 52.0 Å². The van der Waals surface area contributed by atoms with E-state index >= 15 is 0 Å². The van der Waals surface area contributed by atoms with Crippen LogP contribution in [0.15, 0.2) is 23.4 Å². The van der Waals surface area contributed by atoms with Crippen molar-refractivity contribution in [3.8, 4) is 0 Å². The standard InChI is InChI=1S/C26H33F2N5O5S/c1-5-10-39-24-30-22(29-15-7-8-16(34)12-15)21(33(36)37)23(31-24)32(25(35)38-26(2,3)4)20-13-17(20)14-6-9-18(27)19(28)11-14/h6,9,11,15-17,20,34H,5,7-8,10,12-13H2,1-4H3,(H,29,30,31)/t15?,16-,17+,20?/m1/s1. The topological polar surface area (TPSA) is 131 Å². The molecule has 1 aromatic carbocycles. The van der Waals surface area contributed by atoms with Crippen LogP contribution in [-0.4, -0.2) is 55.6 Å². The number of nitrogens with zero attached hydrogens (tertiary/aromatic N) is 4. The van der Waals surface area contributed by atoms with Gasteiger partial charge in [-0.15, -0.1) is 0 Å². The normalized spacial score (nSPS) is 22.4. The molecule has 2 aromatic rings. The number of hydrogen-bond acceptors (Lipinski definition) is 9. The molecule has 2 aliphatic carbocycles. The average molecular weight is 566 g/mol. The van der Waals surface area contributed by atoms with Crippen LogP contribution in [0.3, 0.4) is 0 Å². The number of hydrogen-bond donors (Lipinski definition) is 2. The highest BCUT2D eigenvalue weighted by Crippen LogP contribution is 2.49. The molecule has 1 heterocycles. The Morgan fingerprint density at radius 1 is 1.26 bits per heavy atom. The van der Waals surface area contributed by atoms with Crippen molar-refractivity contribution >= 4 is 35.2 Å². The molecule has 0 radical (unpaired) electrons. The van der Waals surface area contributed by atoms with Crippen LogP contribution in [-0.2, 0) is 4.74 Å². The quantitative estimate of drug-likeness (QED) is 0.168. The van der Waals surface area contributed by atoms with E-state index in [1.165, 1.54) is 17.8 Å². The second kappa shape index (κ2) is 11.6. The van der Waals surface area contributed by atoms with Gasteiger partial charge in [-0.1, -0.05) is 24.8 Å². The Morgan fingerprint density at radius 2 is 2.00 bits per heavy atom. The number of carbonyl (C=O) groups excluding carboxylic acids is 1. The molecule has 0 aliphatic heterocycles. The largest absolute Gasteiger partial charge is 0.443 e. The minimum Gasteiger partial charge on any atom is -0.443 e. The summed E-state index contributed by atoms with van der Waals surface area (Å²) in [5, 5.41) is 25.8. The van der Waals surface area contributed by atoms with Gasteiger partial charge in [-0.2, -0.15) is 9.97 Å². The summed E-state index contributed by atoms with van der Waals surface area (Å²) in [6, 6.07) is 2.65. The van der Waals surface area contributed by atoms with Gasteiger partial charge >= 0.3 is 11.8 Å². The number of rotatable bonds is 9. The molecule has 212 valence electrons. The van der Waals surface area contributed by atoms with Crippen LogP contribution < -0.4 is 10.2 Å². The number of aromatic nitrogens is 2. The molecule has 13 heteroatoms. The third kappa shape index (κ3) is 6.93. The fourth-order valence-electron chi connectivity index (χ4n) is 4.66. The molecule has 2 aliphatic rings. The minimum atomic E-state index is -1.02. The lowest BCUT2D eigenvalue weighted by atomic mass is 10.1. The molecule has 0 saturated heterocycles. The van der Waals surface area contributed by atoms with E-state index in [-0.39, 0.29) is 22.8 Å². The molecule has 2 fully saturated rings. The Balaban J connectivity index is 1.81. The summed E-state index contributed by atoms with van der Waals surface area (Å²) in [5.74, 6) is -2.03. The van der Waals surface area contributed by atoms with E-state index in [0.717, 1.165) is 23.5 Å². The van der Waals surface area contributed by atoms with Crippen molar-refractivity contribution in [2.75, 3.05) is 16.0 Å². The first-order valence-electron chi connectivity index (χ1n) is 13.0. The number of aliphatic hydroxyl groups is 1. The van der Waals surface area contributed by atoms with Crippen molar-refractivity contribution in [2.24, 2.45) is 0 Å². The van der Waals surface area contributed by atoms with Crippen LogP contribution in [0.2, 0.25) is 0 Å². The summed E-state index contributed by atoms with van der Waals surface area (Å²) in [7, 11) is 0. The smallest absolute Gasteiger partial charge is 0.416 e. The van der Waals surface area contributed by atoms with Gasteiger partial charge in [0.25, 0.3) is 0 Å². The van der Waals surface area contributed by atoms with Crippen molar-refractivity contribution in [1.29, 1.82) is 0 Å². The lowest BCUT2D eigenvalue weighted by molar-refractivity contribution is -0.383. The zero-order chi connectivity index (χ0) is 28.5. The zero-order valence-corrected chi connectivity index (χ0v) is 23.1. The fourth-order valence-corrected chi connectivity index (χ4v) is 5.35. The number of amides is 1. The summed E-state index contributed by atoms with van der Waals surface area (Å²) < 4.78 is 33.2. The molecule has 2 saturated carbocycles. The molecule has 10 nitrogen and oxygen atoms in total. The van der Waals surface area contributed by atoms with E-state index in [2.05, 4.69) is 15.3 Å². The average Bonchev–Trinajstić information content (AvgIpc) is 3.50. The van der Waals surface area contributed by atoms with Gasteiger partial charge < -0.3 is 15.2 Å². The third-order valence-electron chi connectivity index (χ3n) is 6.49. The SMILES string of the molecule is CCCSc1nc(NC2CC[C@@H](O)C2)c([N+](=O)[O-])c(N(C(=O)OC(C)(C)C)C2C[C@H]2c2ccc(F)c(F)c2)n1. The molecule has 0 spiro atoms. The van der Waals surface area contributed by atoms with E-state index in [9.17, 15) is 28.8 Å². The number of nitrogens with one attached hydrogen (secondary N) is 1. The maximum atomic E-state index is 14.0. The maximum absolute atomic E-state index is 14.0. The second-order valence-corrected chi connectivity index (χ2v) is 11.9. The number of carbonyl (C=O) groups is 1. The van der Waals surface area contributed by atoms with Crippen LogP contribution in [0, 0.1) is 21.7 Å². The minimum absolute atomic E-state index is 0.0405.